The van der Waals surface area contributed by atoms with E-state index in [1.165, 1.54) is 50.5 Å². The van der Waals surface area contributed by atoms with Crippen LogP contribution >= 0.6 is 0 Å². The van der Waals surface area contributed by atoms with Crippen molar-refractivity contribution in [3.63, 3.8) is 0 Å². The van der Waals surface area contributed by atoms with Crippen molar-refractivity contribution in [2.75, 3.05) is 7.05 Å². The van der Waals surface area contributed by atoms with Gasteiger partial charge in [0.1, 0.15) is 0 Å². The second kappa shape index (κ2) is 6.45. The third-order valence-electron chi connectivity index (χ3n) is 9.87. The Morgan fingerprint density at radius 2 is 1.82 bits per heavy atom. The molecule has 5 aliphatic rings. The van der Waals surface area contributed by atoms with E-state index in [0.29, 0.717) is 23.8 Å². The monoisotopic (exact) mass is 383 g/mol. The van der Waals surface area contributed by atoms with Crippen LogP contribution in [0.4, 0.5) is 0 Å². The summed E-state index contributed by atoms with van der Waals surface area (Å²) in [5.74, 6) is 2.10. The highest BCUT2D eigenvalue weighted by Crippen LogP contribution is 2.65. The van der Waals surface area contributed by atoms with Crippen LogP contribution in [0.5, 0.6) is 0 Å². The van der Waals surface area contributed by atoms with Crippen LogP contribution in [0.15, 0.2) is 23.3 Å². The molecule has 1 amide bonds. The van der Waals surface area contributed by atoms with Gasteiger partial charge in [-0.05, 0) is 87.2 Å². The molecule has 7 atom stereocenters. The van der Waals surface area contributed by atoms with Crippen LogP contribution in [0, 0.1) is 28.6 Å². The van der Waals surface area contributed by atoms with Crippen molar-refractivity contribution in [1.82, 2.24) is 4.90 Å². The van der Waals surface area contributed by atoms with Crippen LogP contribution in [-0.4, -0.2) is 35.1 Å². The molecular weight excluding hydrogens is 346 g/mol. The zero-order chi connectivity index (χ0) is 19.7. The average Bonchev–Trinajstić information content (AvgIpc) is 2.97. The molecule has 0 radical (unpaired) electrons. The summed E-state index contributed by atoms with van der Waals surface area (Å²) in [6.07, 6.45) is 16.1. The Labute approximate surface area is 170 Å². The summed E-state index contributed by atoms with van der Waals surface area (Å²) < 4.78 is 0. The first-order valence-electron chi connectivity index (χ1n) is 11.7. The molecule has 3 nitrogen and oxygen atoms in total. The summed E-state index contributed by atoms with van der Waals surface area (Å²) >= 11 is 0. The van der Waals surface area contributed by atoms with Crippen LogP contribution in [0.3, 0.4) is 0 Å². The summed E-state index contributed by atoms with van der Waals surface area (Å²) in [5.41, 5.74) is 3.20. The summed E-state index contributed by atoms with van der Waals surface area (Å²) in [6.45, 7) is 4.79. The molecule has 0 spiro atoms. The predicted molar refractivity (Wildman–Crippen MR) is 112 cm³/mol. The van der Waals surface area contributed by atoms with Crippen molar-refractivity contribution in [3.8, 4) is 0 Å². The molecule has 1 N–H and O–H groups in total. The number of likely N-dealkylation sites (N-methyl/N-ethyl adjacent to an activating group) is 1. The molecule has 3 heteroatoms. The molecule has 0 aromatic heterocycles. The number of amides is 1. The van der Waals surface area contributed by atoms with Gasteiger partial charge in [0.15, 0.2) is 0 Å². The molecule has 0 aromatic carbocycles. The summed E-state index contributed by atoms with van der Waals surface area (Å²) in [6, 6.07) is 0.345. The van der Waals surface area contributed by atoms with Crippen LogP contribution in [-0.2, 0) is 4.79 Å². The Kier molecular flexibility index (Phi) is 4.36. The number of rotatable bonds is 0. The summed E-state index contributed by atoms with van der Waals surface area (Å²) in [4.78, 5) is 14.2. The molecule has 4 fully saturated rings. The first-order valence-corrected chi connectivity index (χ1v) is 11.7. The van der Waals surface area contributed by atoms with Gasteiger partial charge >= 0.3 is 0 Å². The fourth-order valence-corrected chi connectivity index (χ4v) is 8.19. The van der Waals surface area contributed by atoms with E-state index in [0.717, 1.165) is 19.3 Å². The topological polar surface area (TPSA) is 40.5 Å². The van der Waals surface area contributed by atoms with E-state index in [1.807, 2.05) is 18.0 Å². The zero-order valence-electron chi connectivity index (χ0n) is 17.9. The number of fused-ring (bicyclic) bond motifs is 5. The predicted octanol–water partition coefficient (Wildman–Crippen LogP) is 4.86. The minimum atomic E-state index is -0.219. The maximum atomic E-state index is 12.2. The van der Waals surface area contributed by atoms with E-state index in [4.69, 9.17) is 0 Å². The molecular formula is C25H37NO2. The molecule has 5 rings (SSSR count). The van der Waals surface area contributed by atoms with E-state index < -0.39 is 0 Å². The smallest absolute Gasteiger partial charge is 0.246 e. The largest absolute Gasteiger partial charge is 0.388 e. The number of nitrogens with zero attached hydrogens (tertiary/aromatic N) is 1. The normalized spacial score (nSPS) is 48.4. The van der Waals surface area contributed by atoms with E-state index in [9.17, 15) is 9.90 Å². The molecule has 28 heavy (non-hydrogen) atoms. The number of hydrogen-bond donors (Lipinski definition) is 1. The quantitative estimate of drug-likeness (QED) is 0.607. The fraction of sp³-hybridized carbons (Fsp3) is 0.800. The van der Waals surface area contributed by atoms with Crippen molar-refractivity contribution < 1.29 is 9.90 Å². The van der Waals surface area contributed by atoms with E-state index in [2.05, 4.69) is 19.9 Å². The lowest BCUT2D eigenvalue weighted by atomic mass is 9.48. The molecule has 0 bridgehead atoms. The second-order valence-corrected chi connectivity index (χ2v) is 11.0. The third kappa shape index (κ3) is 2.47. The summed E-state index contributed by atoms with van der Waals surface area (Å²) in [7, 11) is 1.99. The molecule has 154 valence electrons. The van der Waals surface area contributed by atoms with Gasteiger partial charge in [0.05, 0.1) is 6.10 Å². The number of allylic oxidation sites excluding steroid dienone is 1. The van der Waals surface area contributed by atoms with Gasteiger partial charge in [0, 0.05) is 23.9 Å². The van der Waals surface area contributed by atoms with Gasteiger partial charge in [-0.15, -0.1) is 0 Å². The van der Waals surface area contributed by atoms with Crippen molar-refractivity contribution >= 4 is 5.91 Å². The van der Waals surface area contributed by atoms with Crippen molar-refractivity contribution in [2.45, 2.75) is 90.2 Å². The van der Waals surface area contributed by atoms with Gasteiger partial charge in [-0.25, -0.2) is 0 Å². The minimum absolute atomic E-state index is 0.0598. The van der Waals surface area contributed by atoms with Crippen LogP contribution in [0.25, 0.3) is 0 Å². The Balaban J connectivity index is 1.49. The Bertz CT molecular complexity index is 731. The number of aliphatic hydroxyl groups excluding tert-OH is 1. The number of carbonyl (C=O) groups is 1. The SMILES string of the molecule is CN1C(=O)C=C[C@]2(C)[C@H]3CC[C@]4(C)[C@@H](O)C(=C5CCCCC5)C[C@H]4[C@@H]3CC[C@@H]12. The number of aliphatic hydroxyl groups is 1. The molecule has 0 saturated heterocycles. The number of hydrogen-bond acceptors (Lipinski definition) is 2. The minimum Gasteiger partial charge on any atom is -0.388 e. The lowest BCUT2D eigenvalue weighted by Gasteiger charge is -2.59. The maximum absolute atomic E-state index is 12.2. The molecule has 0 aromatic rings. The summed E-state index contributed by atoms with van der Waals surface area (Å²) in [5, 5.41) is 11.4. The fourth-order valence-electron chi connectivity index (χ4n) is 8.19. The van der Waals surface area contributed by atoms with Gasteiger partial charge in [0.25, 0.3) is 0 Å². The first kappa shape index (κ1) is 18.9. The third-order valence-corrected chi connectivity index (χ3v) is 9.87. The van der Waals surface area contributed by atoms with Crippen LogP contribution in [0.1, 0.15) is 78.1 Å². The molecule has 1 heterocycles. The number of carbonyl (C=O) groups excluding carboxylic acids is 1. The van der Waals surface area contributed by atoms with Crippen molar-refractivity contribution in [1.29, 1.82) is 0 Å². The molecule has 0 unspecified atom stereocenters. The highest BCUT2D eigenvalue weighted by molar-refractivity contribution is 5.89. The van der Waals surface area contributed by atoms with Crippen molar-refractivity contribution in [2.24, 2.45) is 28.6 Å². The Morgan fingerprint density at radius 1 is 1.07 bits per heavy atom. The standard InChI is InChI=1S/C25H37NO2/c1-24-14-12-22(27)26(3)21(24)10-9-17-19(24)11-13-25(2)20(17)15-18(23(25)28)16-7-5-4-6-8-16/h12,14,17,19-21,23,28H,4-11,13,15H2,1-3H3/t17-,19+,20+,21-,23+,24-,25+/m1/s1. The van der Waals surface area contributed by atoms with E-state index in [1.54, 1.807) is 5.57 Å². The maximum Gasteiger partial charge on any atom is 0.246 e. The lowest BCUT2D eigenvalue weighted by molar-refractivity contribution is -0.140. The second-order valence-electron chi connectivity index (χ2n) is 11.0. The van der Waals surface area contributed by atoms with Crippen LogP contribution < -0.4 is 0 Å². The van der Waals surface area contributed by atoms with Gasteiger partial charge in [-0.3, -0.25) is 4.79 Å². The molecule has 4 aliphatic carbocycles. The lowest BCUT2D eigenvalue weighted by Crippen LogP contribution is -2.59. The van der Waals surface area contributed by atoms with Crippen LogP contribution in [0.2, 0.25) is 0 Å². The zero-order valence-corrected chi connectivity index (χ0v) is 17.9. The molecule has 4 saturated carbocycles. The average molecular weight is 384 g/mol. The van der Waals surface area contributed by atoms with Crippen molar-refractivity contribution in [3.05, 3.63) is 23.3 Å². The highest BCUT2D eigenvalue weighted by atomic mass is 16.3. The van der Waals surface area contributed by atoms with Gasteiger partial charge in [-0.1, -0.05) is 31.9 Å². The van der Waals surface area contributed by atoms with Gasteiger partial charge < -0.3 is 10.0 Å². The highest BCUT2D eigenvalue weighted by Gasteiger charge is 2.61. The Hall–Kier alpha value is -1.09. The van der Waals surface area contributed by atoms with Gasteiger partial charge in [0.2, 0.25) is 5.91 Å². The van der Waals surface area contributed by atoms with E-state index in [-0.39, 0.29) is 22.8 Å². The van der Waals surface area contributed by atoms with E-state index >= 15 is 0 Å². The molecule has 1 aliphatic heterocycles. The Morgan fingerprint density at radius 3 is 2.57 bits per heavy atom. The van der Waals surface area contributed by atoms with Gasteiger partial charge in [-0.2, -0.15) is 0 Å². The first-order chi connectivity index (χ1) is 13.4.